The molecule has 32 heavy (non-hydrogen) atoms. The summed E-state index contributed by atoms with van der Waals surface area (Å²) >= 11 is 3.81. The predicted molar refractivity (Wildman–Crippen MR) is 123 cm³/mol. The van der Waals surface area contributed by atoms with Crippen LogP contribution >= 0.6 is 11.6 Å². The van der Waals surface area contributed by atoms with E-state index in [0.717, 1.165) is 35.2 Å². The SMILES string of the molecule is CCOC(=O)Cn1ncc2c1CCCC2N(c1ccc(-c2ccccc2Cl)cc1)S(=O)[O-]. The van der Waals surface area contributed by atoms with E-state index in [1.54, 1.807) is 29.9 Å². The van der Waals surface area contributed by atoms with Gasteiger partial charge in [-0.05, 0) is 49.9 Å². The fourth-order valence-corrected chi connectivity index (χ4v) is 5.12. The van der Waals surface area contributed by atoms with E-state index < -0.39 is 11.3 Å². The van der Waals surface area contributed by atoms with Gasteiger partial charge in [-0.2, -0.15) is 5.10 Å². The number of nitrogens with zero attached hydrogens (tertiary/aromatic N) is 3. The summed E-state index contributed by atoms with van der Waals surface area (Å²) in [5, 5.41) is 4.98. The van der Waals surface area contributed by atoms with E-state index >= 15 is 0 Å². The fourth-order valence-electron chi connectivity index (χ4n) is 4.16. The average molecular weight is 473 g/mol. The minimum atomic E-state index is -2.49. The number of esters is 1. The van der Waals surface area contributed by atoms with Crippen LogP contribution in [-0.4, -0.2) is 31.1 Å². The summed E-state index contributed by atoms with van der Waals surface area (Å²) in [7, 11) is 0. The molecule has 1 aliphatic rings. The molecular weight excluding hydrogens is 450 g/mol. The third-order valence-corrected chi connectivity index (χ3v) is 6.68. The Morgan fingerprint density at radius 1 is 1.28 bits per heavy atom. The average Bonchev–Trinajstić information content (AvgIpc) is 3.18. The molecule has 0 spiro atoms. The van der Waals surface area contributed by atoms with Gasteiger partial charge in [0.2, 0.25) is 0 Å². The molecule has 0 aliphatic heterocycles. The zero-order valence-corrected chi connectivity index (χ0v) is 19.1. The second kappa shape index (κ2) is 9.85. The number of fused-ring (bicyclic) bond motifs is 1. The first-order valence-electron chi connectivity index (χ1n) is 10.4. The Morgan fingerprint density at radius 2 is 2.03 bits per heavy atom. The van der Waals surface area contributed by atoms with E-state index in [1.807, 2.05) is 36.4 Å². The first-order chi connectivity index (χ1) is 15.5. The largest absolute Gasteiger partial charge is 0.755 e. The van der Waals surface area contributed by atoms with E-state index in [4.69, 9.17) is 16.3 Å². The lowest BCUT2D eigenvalue weighted by Gasteiger charge is -2.37. The van der Waals surface area contributed by atoms with Gasteiger partial charge in [0, 0.05) is 38.8 Å². The monoisotopic (exact) mass is 472 g/mol. The van der Waals surface area contributed by atoms with Crippen molar-refractivity contribution in [1.29, 1.82) is 0 Å². The van der Waals surface area contributed by atoms with E-state index in [1.165, 1.54) is 4.31 Å². The molecule has 9 heteroatoms. The number of anilines is 1. The Bertz CT molecular complexity index is 1130. The van der Waals surface area contributed by atoms with Crippen LogP contribution in [0.1, 0.15) is 37.1 Å². The number of halogens is 1. The molecule has 0 saturated carbocycles. The summed E-state index contributed by atoms with van der Waals surface area (Å²) in [6.45, 7) is 2.08. The number of hydrogen-bond acceptors (Lipinski definition) is 5. The maximum absolute atomic E-state index is 12.3. The third-order valence-electron chi connectivity index (χ3n) is 5.57. The van der Waals surface area contributed by atoms with Crippen molar-refractivity contribution in [1.82, 2.24) is 9.78 Å². The van der Waals surface area contributed by atoms with Crippen LogP contribution in [0.2, 0.25) is 5.02 Å². The van der Waals surface area contributed by atoms with E-state index in [-0.39, 0.29) is 18.6 Å². The lowest BCUT2D eigenvalue weighted by atomic mass is 9.92. The number of benzene rings is 2. The normalized spacial score (nSPS) is 16.3. The molecule has 0 bridgehead atoms. The van der Waals surface area contributed by atoms with Crippen molar-refractivity contribution < 1.29 is 18.3 Å². The molecule has 1 aliphatic carbocycles. The van der Waals surface area contributed by atoms with Crippen molar-refractivity contribution in [2.45, 2.75) is 38.8 Å². The maximum atomic E-state index is 12.3. The number of carbonyl (C=O) groups excluding carboxylic acids is 1. The Balaban J connectivity index is 1.63. The van der Waals surface area contributed by atoms with Crippen LogP contribution in [0.5, 0.6) is 0 Å². The Hall–Kier alpha value is -2.68. The lowest BCUT2D eigenvalue weighted by molar-refractivity contribution is -0.144. The summed E-state index contributed by atoms with van der Waals surface area (Å²) in [6, 6.07) is 14.4. The maximum Gasteiger partial charge on any atom is 0.327 e. The van der Waals surface area contributed by atoms with Crippen LogP contribution < -0.4 is 4.31 Å². The van der Waals surface area contributed by atoms with Gasteiger partial charge in [0.15, 0.2) is 0 Å². The van der Waals surface area contributed by atoms with Gasteiger partial charge in [0.25, 0.3) is 0 Å². The molecule has 0 radical (unpaired) electrons. The molecule has 0 saturated heterocycles. The number of hydrogen-bond donors (Lipinski definition) is 0. The minimum Gasteiger partial charge on any atom is -0.755 e. The first kappa shape index (κ1) is 22.5. The van der Waals surface area contributed by atoms with Crippen LogP contribution in [0.15, 0.2) is 54.7 Å². The number of rotatable bonds is 7. The van der Waals surface area contributed by atoms with Gasteiger partial charge in [-0.25, -0.2) is 0 Å². The minimum absolute atomic E-state index is 0.0168. The molecule has 4 rings (SSSR count). The highest BCUT2D eigenvalue weighted by molar-refractivity contribution is 7.80. The summed E-state index contributed by atoms with van der Waals surface area (Å²) < 4.78 is 32.6. The summed E-state index contributed by atoms with van der Waals surface area (Å²) in [4.78, 5) is 11.9. The number of ether oxygens (including phenoxy) is 1. The van der Waals surface area contributed by atoms with Gasteiger partial charge >= 0.3 is 5.97 Å². The smallest absolute Gasteiger partial charge is 0.327 e. The van der Waals surface area contributed by atoms with E-state index in [0.29, 0.717) is 23.7 Å². The van der Waals surface area contributed by atoms with Crippen LogP contribution in [0.4, 0.5) is 5.69 Å². The van der Waals surface area contributed by atoms with Gasteiger partial charge in [-0.1, -0.05) is 41.9 Å². The zero-order valence-electron chi connectivity index (χ0n) is 17.6. The molecule has 1 heterocycles. The van der Waals surface area contributed by atoms with Gasteiger partial charge in [-0.3, -0.25) is 18.0 Å². The fraction of sp³-hybridized carbons (Fsp3) is 0.304. The molecule has 1 aromatic heterocycles. The molecule has 0 N–H and O–H groups in total. The second-order valence-electron chi connectivity index (χ2n) is 7.49. The molecule has 0 amide bonds. The Kier molecular flexibility index (Phi) is 6.93. The van der Waals surface area contributed by atoms with Crippen molar-refractivity contribution in [3.8, 4) is 11.1 Å². The highest BCUT2D eigenvalue weighted by Crippen LogP contribution is 2.38. The highest BCUT2D eigenvalue weighted by atomic mass is 35.5. The van der Waals surface area contributed by atoms with Crippen LogP contribution in [0.3, 0.4) is 0 Å². The topological polar surface area (TPSA) is 87.5 Å². The van der Waals surface area contributed by atoms with Crippen molar-refractivity contribution in [2.75, 3.05) is 10.9 Å². The second-order valence-corrected chi connectivity index (χ2v) is 8.72. The molecule has 0 fully saturated rings. The van der Waals surface area contributed by atoms with Gasteiger partial charge in [-0.15, -0.1) is 0 Å². The summed E-state index contributed by atoms with van der Waals surface area (Å²) in [5.74, 6) is -0.361. The van der Waals surface area contributed by atoms with Gasteiger partial charge in [0.05, 0.1) is 18.8 Å². The van der Waals surface area contributed by atoms with Gasteiger partial charge < -0.3 is 9.29 Å². The van der Waals surface area contributed by atoms with Crippen molar-refractivity contribution in [2.24, 2.45) is 0 Å². The van der Waals surface area contributed by atoms with Crippen molar-refractivity contribution in [3.05, 3.63) is 71.0 Å². The van der Waals surface area contributed by atoms with Crippen molar-refractivity contribution >= 4 is 34.5 Å². The predicted octanol–water partition coefficient (Wildman–Crippen LogP) is 4.44. The molecule has 3 aromatic rings. The van der Waals surface area contributed by atoms with Crippen LogP contribution in [-0.2, 0) is 33.8 Å². The zero-order chi connectivity index (χ0) is 22.7. The molecule has 168 valence electrons. The molecule has 2 atom stereocenters. The summed E-state index contributed by atoms with van der Waals surface area (Å²) in [5.41, 5.74) is 4.04. The quantitative estimate of drug-likeness (QED) is 0.374. The first-order valence-corrected chi connectivity index (χ1v) is 11.8. The van der Waals surface area contributed by atoms with Gasteiger partial charge in [0.1, 0.15) is 6.54 Å². The number of aromatic nitrogens is 2. The Morgan fingerprint density at radius 3 is 2.72 bits per heavy atom. The van der Waals surface area contributed by atoms with Crippen molar-refractivity contribution in [3.63, 3.8) is 0 Å². The van der Waals surface area contributed by atoms with Crippen LogP contribution in [0, 0.1) is 0 Å². The third kappa shape index (κ3) is 4.57. The number of carbonyl (C=O) groups is 1. The molecule has 7 nitrogen and oxygen atoms in total. The standard InChI is InChI=1S/C23H24ClN3O4S/c1-2-31-23(28)15-26-21-8-5-9-22(19(21)14-25-26)27(32(29)30)17-12-10-16(11-13-17)18-6-3-4-7-20(18)24/h3-4,6-7,10-14,22H,2,5,8-9,15H2,1H3,(H,29,30)/p-1. The highest BCUT2D eigenvalue weighted by Gasteiger charge is 2.30. The Labute approximate surface area is 194 Å². The van der Waals surface area contributed by atoms with E-state index in [9.17, 15) is 13.6 Å². The molecular formula is C23H23ClN3O4S-. The lowest BCUT2D eigenvalue weighted by Crippen LogP contribution is -2.33. The molecule has 2 unspecified atom stereocenters. The van der Waals surface area contributed by atoms with E-state index in [2.05, 4.69) is 5.10 Å². The van der Waals surface area contributed by atoms with Crippen LogP contribution in [0.25, 0.3) is 11.1 Å². The molecule has 2 aromatic carbocycles. The summed E-state index contributed by atoms with van der Waals surface area (Å²) in [6.07, 6.45) is 3.85.